The van der Waals surface area contributed by atoms with Gasteiger partial charge in [-0.1, -0.05) is 62.1 Å². The molecule has 0 unspecified atom stereocenters. The molecule has 2 rings (SSSR count). The lowest BCUT2D eigenvalue weighted by Gasteiger charge is -2.08. The van der Waals surface area contributed by atoms with Crippen LogP contribution in [0.5, 0.6) is 0 Å². The third-order valence-corrected chi connectivity index (χ3v) is 3.60. The number of aryl methyl sites for hydroxylation is 2. The Labute approximate surface area is 146 Å². The number of nitriles is 1. The molecule has 25 heavy (non-hydrogen) atoms. The van der Waals surface area contributed by atoms with Gasteiger partial charge in [0.25, 0.3) is 0 Å². The molecule has 0 N–H and O–H groups in total. The predicted molar refractivity (Wildman–Crippen MR) is 96.9 cm³/mol. The fourth-order valence-electron chi connectivity index (χ4n) is 2.20. The van der Waals surface area contributed by atoms with Gasteiger partial charge in [0.2, 0.25) is 0 Å². The normalized spacial score (nSPS) is 10.2. The molecule has 0 fully saturated rings. The minimum atomic E-state index is -4.45. The summed E-state index contributed by atoms with van der Waals surface area (Å²) in [7, 11) is 0. The predicted octanol–water partition coefficient (Wildman–Crippen LogP) is 6.42. The zero-order valence-electron chi connectivity index (χ0n) is 14.3. The first-order valence-corrected chi connectivity index (χ1v) is 7.72. The second kappa shape index (κ2) is 8.89. The Balaban J connectivity index is 0.000000251. The smallest absolute Gasteiger partial charge is 0.192 e. The summed E-state index contributed by atoms with van der Waals surface area (Å²) in [5.41, 5.74) is 2.96. The molecule has 2 aromatic rings. The van der Waals surface area contributed by atoms with Gasteiger partial charge in [0.15, 0.2) is 0 Å². The first-order chi connectivity index (χ1) is 11.8. The van der Waals surface area contributed by atoms with Gasteiger partial charge in [-0.2, -0.15) is 18.4 Å². The van der Waals surface area contributed by atoms with E-state index in [1.165, 1.54) is 29.3 Å². The fraction of sp³-hybridized carbons (Fsp3) is 0.190. The number of alkyl halides is 3. The topological polar surface area (TPSA) is 23.8 Å². The van der Waals surface area contributed by atoms with E-state index < -0.39 is 11.7 Å². The average molecular weight is 343 g/mol. The third-order valence-electron chi connectivity index (χ3n) is 3.60. The molecule has 0 saturated heterocycles. The van der Waals surface area contributed by atoms with Crippen molar-refractivity contribution in [3.63, 3.8) is 0 Å². The van der Waals surface area contributed by atoms with Crippen LogP contribution in [0.3, 0.4) is 0 Å². The van der Waals surface area contributed by atoms with Gasteiger partial charge in [0.1, 0.15) is 0 Å². The summed E-state index contributed by atoms with van der Waals surface area (Å²) in [5, 5.41) is 8.42. The summed E-state index contributed by atoms with van der Waals surface area (Å²) in [5.74, 6) is 0. The highest BCUT2D eigenvalue weighted by Gasteiger charge is 2.33. The largest absolute Gasteiger partial charge is 0.417 e. The molecule has 0 amide bonds. The number of hydrogen-bond acceptors (Lipinski definition) is 1. The van der Waals surface area contributed by atoms with Gasteiger partial charge in [-0.3, -0.25) is 0 Å². The highest BCUT2D eigenvalue weighted by molar-refractivity contribution is 5.64. The Morgan fingerprint density at radius 1 is 1.04 bits per heavy atom. The molecular weight excluding hydrogens is 323 g/mol. The molecule has 2 aromatic carbocycles. The summed E-state index contributed by atoms with van der Waals surface area (Å²) in [4.78, 5) is 0. The van der Waals surface area contributed by atoms with Crippen LogP contribution in [0.1, 0.15) is 40.3 Å². The van der Waals surface area contributed by atoms with Gasteiger partial charge in [-0.05, 0) is 42.2 Å². The molecular formula is C21H20F3N. The van der Waals surface area contributed by atoms with E-state index in [4.69, 9.17) is 5.26 Å². The van der Waals surface area contributed by atoms with E-state index in [2.05, 4.69) is 38.3 Å². The molecule has 4 heteroatoms. The van der Waals surface area contributed by atoms with E-state index in [0.29, 0.717) is 5.56 Å². The van der Waals surface area contributed by atoms with Crippen molar-refractivity contribution in [1.82, 2.24) is 0 Å². The lowest BCUT2D eigenvalue weighted by atomic mass is 10.0. The molecule has 0 aliphatic heterocycles. The zero-order valence-corrected chi connectivity index (χ0v) is 14.3. The molecule has 0 heterocycles. The van der Waals surface area contributed by atoms with Crippen molar-refractivity contribution >= 4 is 12.2 Å². The van der Waals surface area contributed by atoms with Crippen molar-refractivity contribution in [2.24, 2.45) is 0 Å². The number of nitrogens with zero attached hydrogens (tertiary/aromatic N) is 1. The molecule has 0 radical (unpaired) electrons. The van der Waals surface area contributed by atoms with E-state index in [0.717, 1.165) is 18.1 Å². The minimum Gasteiger partial charge on any atom is -0.192 e. The van der Waals surface area contributed by atoms with Crippen LogP contribution in [-0.2, 0) is 12.6 Å². The average Bonchev–Trinajstić information content (AvgIpc) is 2.60. The maximum Gasteiger partial charge on any atom is 0.417 e. The molecule has 0 aliphatic rings. The second-order valence-electron chi connectivity index (χ2n) is 5.38. The maximum atomic E-state index is 12.3. The molecule has 0 spiro atoms. The molecule has 0 atom stereocenters. The Morgan fingerprint density at radius 3 is 2.16 bits per heavy atom. The summed E-state index contributed by atoms with van der Waals surface area (Å²) in [6, 6.07) is 11.5. The standard InChI is InChI=1S/C12H14.C9H6F3N/c1-4-10-7-8-11(5-2)12(6-3)9-10;1-6-2-3-7(5-13)8(4-6)9(10,11)12/h5-9H,2-4H2,1H3;2-4H,1H3. The molecule has 1 nitrogen and oxygen atoms in total. The zero-order chi connectivity index (χ0) is 19.0. The SMILES string of the molecule is C=Cc1ccc(CC)cc1C=C.Cc1ccc(C#N)c(C(F)(F)F)c1. The van der Waals surface area contributed by atoms with Crippen LogP contribution < -0.4 is 0 Å². The third kappa shape index (κ3) is 5.65. The second-order valence-corrected chi connectivity index (χ2v) is 5.38. The number of benzene rings is 2. The van der Waals surface area contributed by atoms with Crippen molar-refractivity contribution < 1.29 is 13.2 Å². The van der Waals surface area contributed by atoms with Gasteiger partial charge in [0.05, 0.1) is 17.2 Å². The van der Waals surface area contributed by atoms with E-state index in [-0.39, 0.29) is 5.56 Å². The first kappa shape index (κ1) is 20.2. The summed E-state index contributed by atoms with van der Waals surface area (Å²) in [6.07, 6.45) is 0.349. The van der Waals surface area contributed by atoms with Crippen molar-refractivity contribution in [2.45, 2.75) is 26.4 Å². The molecule has 0 bridgehead atoms. The number of rotatable bonds is 3. The van der Waals surface area contributed by atoms with Crippen molar-refractivity contribution in [1.29, 1.82) is 5.26 Å². The van der Waals surface area contributed by atoms with Gasteiger partial charge in [0, 0.05) is 0 Å². The van der Waals surface area contributed by atoms with Crippen LogP contribution in [0.25, 0.3) is 12.2 Å². The van der Waals surface area contributed by atoms with Gasteiger partial charge in [-0.15, -0.1) is 0 Å². The van der Waals surface area contributed by atoms with E-state index >= 15 is 0 Å². The first-order valence-electron chi connectivity index (χ1n) is 7.72. The summed E-state index contributed by atoms with van der Waals surface area (Å²) < 4.78 is 36.8. The Morgan fingerprint density at radius 2 is 1.68 bits per heavy atom. The van der Waals surface area contributed by atoms with Gasteiger partial charge < -0.3 is 0 Å². The fourth-order valence-corrected chi connectivity index (χ4v) is 2.20. The van der Waals surface area contributed by atoms with Crippen molar-refractivity contribution in [3.8, 4) is 6.07 Å². The molecule has 0 saturated carbocycles. The lowest BCUT2D eigenvalue weighted by molar-refractivity contribution is -0.137. The molecule has 130 valence electrons. The Kier molecular flexibility index (Phi) is 7.20. The maximum absolute atomic E-state index is 12.3. The van der Waals surface area contributed by atoms with Crippen LogP contribution in [0, 0.1) is 18.3 Å². The number of hydrogen-bond donors (Lipinski definition) is 0. The highest BCUT2D eigenvalue weighted by Crippen LogP contribution is 2.32. The van der Waals surface area contributed by atoms with Crippen LogP contribution in [0.2, 0.25) is 0 Å². The number of halogens is 3. The quantitative estimate of drug-likeness (QED) is 0.631. The van der Waals surface area contributed by atoms with Crippen LogP contribution >= 0.6 is 0 Å². The summed E-state index contributed by atoms with van der Waals surface area (Å²) in [6.45, 7) is 11.2. The van der Waals surface area contributed by atoms with Gasteiger partial charge in [-0.25, -0.2) is 0 Å². The summed E-state index contributed by atoms with van der Waals surface area (Å²) >= 11 is 0. The lowest BCUT2D eigenvalue weighted by Crippen LogP contribution is -2.07. The molecule has 0 aliphatic carbocycles. The monoisotopic (exact) mass is 343 g/mol. The Hall–Kier alpha value is -2.80. The minimum absolute atomic E-state index is 0.335. The van der Waals surface area contributed by atoms with E-state index in [1.54, 1.807) is 6.92 Å². The van der Waals surface area contributed by atoms with Gasteiger partial charge >= 0.3 is 6.18 Å². The van der Waals surface area contributed by atoms with E-state index in [1.807, 2.05) is 12.2 Å². The molecule has 0 aromatic heterocycles. The van der Waals surface area contributed by atoms with Crippen molar-refractivity contribution in [3.05, 3.63) is 82.9 Å². The van der Waals surface area contributed by atoms with Crippen LogP contribution in [0.4, 0.5) is 13.2 Å². The highest BCUT2D eigenvalue weighted by atomic mass is 19.4. The van der Waals surface area contributed by atoms with Crippen LogP contribution in [0.15, 0.2) is 49.6 Å². The van der Waals surface area contributed by atoms with E-state index in [9.17, 15) is 13.2 Å². The van der Waals surface area contributed by atoms with Crippen LogP contribution in [-0.4, -0.2) is 0 Å². The Bertz CT molecular complexity index is 796. The van der Waals surface area contributed by atoms with Crippen molar-refractivity contribution in [2.75, 3.05) is 0 Å².